The number of urea groups is 1. The van der Waals surface area contributed by atoms with Crippen LogP contribution in [0, 0.1) is 0 Å². The van der Waals surface area contributed by atoms with Gasteiger partial charge in [0.05, 0.1) is 11.4 Å². The zero-order valence-corrected chi connectivity index (χ0v) is 15.7. The molecule has 0 atom stereocenters. The van der Waals surface area contributed by atoms with E-state index in [2.05, 4.69) is 10.6 Å². The Morgan fingerprint density at radius 1 is 1.07 bits per heavy atom. The second kappa shape index (κ2) is 7.26. The minimum absolute atomic E-state index is 0.0232. The Kier molecular flexibility index (Phi) is 4.78. The first-order chi connectivity index (χ1) is 13.5. The number of para-hydroxylation sites is 2. The Labute approximate surface area is 163 Å². The van der Waals surface area contributed by atoms with Gasteiger partial charge in [0.25, 0.3) is 5.91 Å². The third-order valence-corrected chi connectivity index (χ3v) is 5.80. The van der Waals surface area contributed by atoms with Gasteiger partial charge in [0, 0.05) is 13.0 Å². The van der Waals surface area contributed by atoms with Gasteiger partial charge in [0.1, 0.15) is 12.1 Å². The molecule has 4 rings (SSSR count). The molecule has 3 fully saturated rings. The highest BCUT2D eigenvalue weighted by molar-refractivity contribution is 6.10. The van der Waals surface area contributed by atoms with E-state index in [4.69, 9.17) is 0 Å². The molecule has 5 amide bonds. The second-order valence-corrected chi connectivity index (χ2v) is 7.68. The third-order valence-electron chi connectivity index (χ3n) is 5.80. The lowest BCUT2D eigenvalue weighted by Crippen LogP contribution is -2.48. The molecular formula is C20H24N4O4. The number of carbonyl (C=O) groups is 4. The number of anilines is 2. The van der Waals surface area contributed by atoms with Crippen LogP contribution in [-0.2, 0) is 14.4 Å². The van der Waals surface area contributed by atoms with Crippen LogP contribution in [0.1, 0.15) is 44.9 Å². The fourth-order valence-corrected chi connectivity index (χ4v) is 4.36. The summed E-state index contributed by atoms with van der Waals surface area (Å²) in [4.78, 5) is 52.4. The maximum absolute atomic E-state index is 12.8. The van der Waals surface area contributed by atoms with E-state index in [0.29, 0.717) is 37.2 Å². The van der Waals surface area contributed by atoms with Crippen molar-refractivity contribution in [1.29, 1.82) is 0 Å². The maximum atomic E-state index is 12.8. The first-order valence-electron chi connectivity index (χ1n) is 9.83. The van der Waals surface area contributed by atoms with Gasteiger partial charge < -0.3 is 15.5 Å². The summed E-state index contributed by atoms with van der Waals surface area (Å²) in [7, 11) is 0. The maximum Gasteiger partial charge on any atom is 0.325 e. The van der Waals surface area contributed by atoms with E-state index in [-0.39, 0.29) is 18.4 Å². The molecule has 3 aliphatic rings. The van der Waals surface area contributed by atoms with E-state index in [9.17, 15) is 19.2 Å². The van der Waals surface area contributed by atoms with E-state index in [1.165, 1.54) is 0 Å². The molecule has 1 aromatic carbocycles. The topological polar surface area (TPSA) is 98.8 Å². The molecule has 1 saturated carbocycles. The van der Waals surface area contributed by atoms with Gasteiger partial charge >= 0.3 is 6.03 Å². The van der Waals surface area contributed by atoms with Crippen molar-refractivity contribution in [3.63, 3.8) is 0 Å². The van der Waals surface area contributed by atoms with Gasteiger partial charge in [0.2, 0.25) is 11.8 Å². The molecule has 2 aliphatic heterocycles. The predicted molar refractivity (Wildman–Crippen MR) is 103 cm³/mol. The van der Waals surface area contributed by atoms with Crippen LogP contribution in [-0.4, -0.2) is 47.3 Å². The summed E-state index contributed by atoms with van der Waals surface area (Å²) in [5.41, 5.74) is 0.302. The number of hydrogen-bond donors (Lipinski definition) is 2. The predicted octanol–water partition coefficient (Wildman–Crippen LogP) is 2.01. The number of carbonyl (C=O) groups excluding carboxylic acids is 4. The zero-order chi connectivity index (χ0) is 19.7. The molecule has 0 aromatic heterocycles. The summed E-state index contributed by atoms with van der Waals surface area (Å²) >= 11 is 0. The quantitative estimate of drug-likeness (QED) is 0.776. The number of benzene rings is 1. The van der Waals surface area contributed by atoms with Crippen molar-refractivity contribution < 1.29 is 19.2 Å². The fourth-order valence-electron chi connectivity index (χ4n) is 4.36. The summed E-state index contributed by atoms with van der Waals surface area (Å²) in [6.45, 7) is 0.274. The Balaban J connectivity index is 1.46. The molecule has 2 saturated heterocycles. The minimum Gasteiger partial charge on any atom is -0.323 e. The van der Waals surface area contributed by atoms with Crippen molar-refractivity contribution in [2.24, 2.45) is 0 Å². The number of imide groups is 1. The number of nitrogens with one attached hydrogen (secondary N) is 2. The van der Waals surface area contributed by atoms with Gasteiger partial charge in [-0.15, -0.1) is 0 Å². The Bertz CT molecular complexity index is 831. The summed E-state index contributed by atoms with van der Waals surface area (Å²) in [5.74, 6) is -0.749. The van der Waals surface area contributed by atoms with Crippen molar-refractivity contribution >= 4 is 35.1 Å². The van der Waals surface area contributed by atoms with Crippen LogP contribution in [0.4, 0.5) is 16.2 Å². The average Bonchev–Trinajstić information content (AvgIpc) is 3.20. The van der Waals surface area contributed by atoms with Gasteiger partial charge in [-0.25, -0.2) is 4.79 Å². The lowest BCUT2D eigenvalue weighted by Gasteiger charge is -2.30. The second-order valence-electron chi connectivity index (χ2n) is 7.68. The highest BCUT2D eigenvalue weighted by atomic mass is 16.2. The van der Waals surface area contributed by atoms with Crippen molar-refractivity contribution in [2.45, 2.75) is 50.5 Å². The number of nitrogens with zero attached hydrogens (tertiary/aromatic N) is 2. The van der Waals surface area contributed by atoms with Gasteiger partial charge in [-0.05, 0) is 31.4 Å². The van der Waals surface area contributed by atoms with Crippen LogP contribution >= 0.6 is 0 Å². The van der Waals surface area contributed by atoms with E-state index in [0.717, 1.165) is 30.6 Å². The third kappa shape index (κ3) is 3.23. The van der Waals surface area contributed by atoms with Gasteiger partial charge in [-0.1, -0.05) is 31.4 Å². The van der Waals surface area contributed by atoms with Gasteiger partial charge in [-0.2, -0.15) is 0 Å². The molecule has 0 unspecified atom stereocenters. The lowest BCUT2D eigenvalue weighted by atomic mass is 9.82. The van der Waals surface area contributed by atoms with Crippen molar-refractivity contribution in [3.05, 3.63) is 24.3 Å². The molecule has 0 bridgehead atoms. The fraction of sp³-hybridized carbons (Fsp3) is 0.500. The summed E-state index contributed by atoms with van der Waals surface area (Å²) in [5, 5.41) is 5.57. The lowest BCUT2D eigenvalue weighted by molar-refractivity contribution is -0.134. The smallest absolute Gasteiger partial charge is 0.323 e. The SMILES string of the molecule is O=C(CN1C(=O)NC2(CCCCC2)C1=O)Nc1ccccc1N1CCCC1=O. The van der Waals surface area contributed by atoms with E-state index in [1.807, 2.05) is 0 Å². The molecule has 28 heavy (non-hydrogen) atoms. The minimum atomic E-state index is -0.838. The first-order valence-corrected chi connectivity index (χ1v) is 9.83. The molecule has 2 heterocycles. The first kappa shape index (κ1) is 18.5. The van der Waals surface area contributed by atoms with Crippen LogP contribution in [0.5, 0.6) is 0 Å². The molecule has 8 heteroatoms. The van der Waals surface area contributed by atoms with E-state index >= 15 is 0 Å². The molecule has 1 aliphatic carbocycles. The van der Waals surface area contributed by atoms with Crippen molar-refractivity contribution in [1.82, 2.24) is 10.2 Å². The summed E-state index contributed by atoms with van der Waals surface area (Å²) in [6, 6.07) is 6.56. The average molecular weight is 384 g/mol. The van der Waals surface area contributed by atoms with Crippen molar-refractivity contribution in [2.75, 3.05) is 23.3 Å². The highest BCUT2D eigenvalue weighted by Gasteiger charge is 2.51. The Morgan fingerprint density at radius 3 is 2.54 bits per heavy atom. The van der Waals surface area contributed by atoms with Crippen LogP contribution in [0.25, 0.3) is 0 Å². The highest BCUT2D eigenvalue weighted by Crippen LogP contribution is 2.34. The van der Waals surface area contributed by atoms with Crippen LogP contribution in [0.2, 0.25) is 0 Å². The molecule has 1 aromatic rings. The molecule has 8 nitrogen and oxygen atoms in total. The molecular weight excluding hydrogens is 360 g/mol. The number of rotatable bonds is 4. The summed E-state index contributed by atoms with van der Waals surface area (Å²) in [6.07, 6.45) is 5.35. The zero-order valence-electron chi connectivity index (χ0n) is 15.7. The van der Waals surface area contributed by atoms with E-state index in [1.54, 1.807) is 29.2 Å². The van der Waals surface area contributed by atoms with Crippen LogP contribution < -0.4 is 15.5 Å². The van der Waals surface area contributed by atoms with Crippen LogP contribution in [0.15, 0.2) is 24.3 Å². The number of hydrogen-bond acceptors (Lipinski definition) is 4. The number of amides is 5. The van der Waals surface area contributed by atoms with Gasteiger partial charge in [-0.3, -0.25) is 19.3 Å². The Hall–Kier alpha value is -2.90. The largest absolute Gasteiger partial charge is 0.325 e. The van der Waals surface area contributed by atoms with Crippen molar-refractivity contribution in [3.8, 4) is 0 Å². The molecule has 2 N–H and O–H groups in total. The molecule has 148 valence electrons. The van der Waals surface area contributed by atoms with Crippen LogP contribution in [0.3, 0.4) is 0 Å². The summed E-state index contributed by atoms with van der Waals surface area (Å²) < 4.78 is 0. The standard InChI is InChI=1S/C20H24N4O4/c25-16(13-24-18(27)20(22-19(24)28)10-4-1-5-11-20)21-14-7-2-3-8-15(14)23-12-6-9-17(23)26/h2-3,7-8H,1,4-6,9-13H2,(H,21,25)(H,22,28). The molecule has 1 spiro atoms. The van der Waals surface area contributed by atoms with Gasteiger partial charge in [0.15, 0.2) is 0 Å². The van der Waals surface area contributed by atoms with E-state index < -0.39 is 17.5 Å². The monoisotopic (exact) mass is 384 g/mol. The Morgan fingerprint density at radius 2 is 1.82 bits per heavy atom. The molecule has 0 radical (unpaired) electrons. The normalized spacial score (nSPS) is 21.4.